The highest BCUT2D eigenvalue weighted by molar-refractivity contribution is 5.53. The zero-order valence-corrected chi connectivity index (χ0v) is 8.47. The summed E-state index contributed by atoms with van der Waals surface area (Å²) in [6.45, 7) is 2.46. The Bertz CT molecular complexity index is 375. The second kappa shape index (κ2) is 2.95. The molecule has 2 bridgehead atoms. The number of aliphatic hydroxyl groups excluding tert-OH is 1. The third-order valence-electron chi connectivity index (χ3n) is 3.57. The van der Waals surface area contributed by atoms with Gasteiger partial charge >= 0.3 is 0 Å². The van der Waals surface area contributed by atoms with Crippen LogP contribution in [0.5, 0.6) is 0 Å². The number of hydrogen-bond donors (Lipinski definition) is 2. The Morgan fingerprint density at radius 3 is 2.67 bits per heavy atom. The first-order chi connectivity index (χ1) is 7.22. The fraction of sp³-hybridized carbons (Fsp3) is 0.455. The van der Waals surface area contributed by atoms with Crippen molar-refractivity contribution in [2.45, 2.75) is 12.3 Å². The molecule has 3 aliphatic rings. The molecular weight excluding hydrogens is 192 g/mol. The molecule has 3 aliphatic heterocycles. The van der Waals surface area contributed by atoms with Crippen LogP contribution in [0, 0.1) is 0 Å². The van der Waals surface area contributed by atoms with Crippen molar-refractivity contribution in [3.63, 3.8) is 0 Å². The number of hydrogen-bond acceptors (Lipinski definition) is 3. The summed E-state index contributed by atoms with van der Waals surface area (Å²) in [4.78, 5) is 0. The number of nitrogens with two attached hydrogens (primary N) is 1. The molecule has 0 aromatic heterocycles. The maximum Gasteiger partial charge on any atom is 0.228 e. The lowest BCUT2D eigenvalue weighted by Crippen LogP contribution is -2.79. The molecule has 1 aromatic rings. The molecule has 3 saturated heterocycles. The quantitative estimate of drug-likeness (QED) is 0.514. The fourth-order valence-electron chi connectivity index (χ4n) is 2.59. The van der Waals surface area contributed by atoms with E-state index in [-0.39, 0.29) is 6.10 Å². The van der Waals surface area contributed by atoms with Crippen molar-refractivity contribution in [3.8, 4) is 0 Å². The Morgan fingerprint density at radius 2 is 2.07 bits per heavy atom. The van der Waals surface area contributed by atoms with Crippen LogP contribution in [-0.2, 0) is 4.74 Å². The Labute approximate surface area is 88.5 Å². The van der Waals surface area contributed by atoms with Crippen LogP contribution < -0.4 is 10.2 Å². The summed E-state index contributed by atoms with van der Waals surface area (Å²) in [6, 6.07) is 7.77. The Kier molecular flexibility index (Phi) is 1.80. The number of anilines is 1. The lowest BCUT2D eigenvalue weighted by Gasteiger charge is -2.56. The Hall–Kier alpha value is -1.10. The number of ether oxygens (including phenoxy) is 1. The van der Waals surface area contributed by atoms with Crippen LogP contribution in [0.3, 0.4) is 0 Å². The average molecular weight is 207 g/mol. The van der Waals surface area contributed by atoms with E-state index in [1.807, 2.05) is 24.3 Å². The van der Waals surface area contributed by atoms with Gasteiger partial charge in [0.05, 0.1) is 6.61 Å². The smallest absolute Gasteiger partial charge is 0.228 e. The van der Waals surface area contributed by atoms with E-state index in [4.69, 9.17) is 10.5 Å². The summed E-state index contributed by atoms with van der Waals surface area (Å²) < 4.78 is 6.08. The number of rotatable bonds is 1. The van der Waals surface area contributed by atoms with Crippen molar-refractivity contribution in [2.75, 3.05) is 25.4 Å². The van der Waals surface area contributed by atoms with E-state index in [0.717, 1.165) is 31.1 Å². The van der Waals surface area contributed by atoms with Crippen LogP contribution in [-0.4, -0.2) is 37.1 Å². The van der Waals surface area contributed by atoms with Crippen molar-refractivity contribution in [1.29, 1.82) is 0 Å². The van der Waals surface area contributed by atoms with Gasteiger partial charge in [0, 0.05) is 17.8 Å². The molecule has 15 heavy (non-hydrogen) atoms. The highest BCUT2D eigenvalue weighted by atomic mass is 16.5. The van der Waals surface area contributed by atoms with Gasteiger partial charge in [-0.05, 0) is 12.1 Å². The standard InChI is InChI=1S/C11H15N2O2/c12-8-1-3-9(4-2-8)13-5-6-15-10(7-13)11(13)14/h1-4,10-11,14H,5-7,12H2/q+1. The molecule has 3 unspecified atom stereocenters. The van der Waals surface area contributed by atoms with Crippen molar-refractivity contribution >= 4 is 11.4 Å². The summed E-state index contributed by atoms with van der Waals surface area (Å²) >= 11 is 0. The second-order valence-corrected chi connectivity index (χ2v) is 4.35. The Balaban J connectivity index is 1.96. The number of quaternary nitrogens is 1. The minimum absolute atomic E-state index is 0.0244. The zero-order valence-electron chi connectivity index (χ0n) is 8.47. The predicted molar refractivity (Wildman–Crippen MR) is 58.1 cm³/mol. The van der Waals surface area contributed by atoms with Gasteiger partial charge in [0.1, 0.15) is 18.8 Å². The molecule has 80 valence electrons. The van der Waals surface area contributed by atoms with Gasteiger partial charge in [-0.25, -0.2) is 0 Å². The third kappa shape index (κ3) is 1.13. The van der Waals surface area contributed by atoms with Gasteiger partial charge < -0.3 is 15.6 Å². The number of morpholine rings is 2. The summed E-state index contributed by atoms with van der Waals surface area (Å²) in [5.74, 6) is 0. The van der Waals surface area contributed by atoms with E-state index in [2.05, 4.69) is 0 Å². The monoisotopic (exact) mass is 207 g/mol. The summed E-state index contributed by atoms with van der Waals surface area (Å²) in [5, 5.41) is 10.0. The summed E-state index contributed by atoms with van der Waals surface area (Å²) in [6.07, 6.45) is -0.376. The molecule has 1 aromatic carbocycles. The predicted octanol–water partition coefficient (Wildman–Crippen LogP) is 0.307. The van der Waals surface area contributed by atoms with Gasteiger partial charge in [0.15, 0.2) is 6.10 Å². The van der Waals surface area contributed by atoms with Crippen LogP contribution in [0.15, 0.2) is 24.3 Å². The first kappa shape index (κ1) is 9.15. The molecule has 4 nitrogen and oxygen atoms in total. The van der Waals surface area contributed by atoms with Crippen molar-refractivity contribution in [1.82, 2.24) is 4.48 Å². The number of aliphatic hydroxyl groups is 1. The van der Waals surface area contributed by atoms with Gasteiger partial charge in [-0.3, -0.25) is 4.48 Å². The van der Waals surface area contributed by atoms with Crippen LogP contribution in [0.4, 0.5) is 11.4 Å². The van der Waals surface area contributed by atoms with Gasteiger partial charge in [-0.2, -0.15) is 0 Å². The largest absolute Gasteiger partial charge is 0.399 e. The van der Waals surface area contributed by atoms with E-state index < -0.39 is 6.23 Å². The van der Waals surface area contributed by atoms with Gasteiger partial charge in [0.2, 0.25) is 6.23 Å². The molecular formula is C11H15N2O2+. The normalized spacial score (nSPS) is 38.5. The SMILES string of the molecule is Nc1ccc([N+]23CCOC(C2)C3O)cc1. The minimum atomic E-state index is -0.401. The van der Waals surface area contributed by atoms with E-state index in [1.54, 1.807) is 0 Å². The molecule has 0 aliphatic carbocycles. The van der Waals surface area contributed by atoms with Crippen LogP contribution >= 0.6 is 0 Å². The molecule has 0 spiro atoms. The average Bonchev–Trinajstić information content (AvgIpc) is 2.29. The lowest BCUT2D eigenvalue weighted by atomic mass is 9.98. The van der Waals surface area contributed by atoms with Crippen molar-refractivity contribution < 1.29 is 9.84 Å². The van der Waals surface area contributed by atoms with Crippen LogP contribution in [0.1, 0.15) is 0 Å². The molecule has 0 radical (unpaired) electrons. The van der Waals surface area contributed by atoms with Crippen LogP contribution in [0.2, 0.25) is 0 Å². The van der Waals surface area contributed by atoms with Crippen molar-refractivity contribution in [2.24, 2.45) is 0 Å². The minimum Gasteiger partial charge on any atom is -0.399 e. The number of benzene rings is 1. The van der Waals surface area contributed by atoms with E-state index in [9.17, 15) is 5.11 Å². The van der Waals surface area contributed by atoms with E-state index >= 15 is 0 Å². The maximum absolute atomic E-state index is 10.0. The first-order valence-corrected chi connectivity index (χ1v) is 5.25. The highest BCUT2D eigenvalue weighted by Gasteiger charge is 2.59. The molecule has 0 saturated carbocycles. The molecule has 3 fully saturated rings. The number of nitrogens with zero attached hydrogens (tertiary/aromatic N) is 1. The van der Waals surface area contributed by atoms with Crippen molar-refractivity contribution in [3.05, 3.63) is 24.3 Å². The van der Waals surface area contributed by atoms with Crippen LogP contribution in [0.25, 0.3) is 0 Å². The molecule has 3 heterocycles. The molecule has 0 amide bonds. The van der Waals surface area contributed by atoms with Gasteiger partial charge in [-0.15, -0.1) is 0 Å². The Morgan fingerprint density at radius 1 is 1.33 bits per heavy atom. The topological polar surface area (TPSA) is 55.5 Å². The zero-order chi connectivity index (χ0) is 10.5. The van der Waals surface area contributed by atoms with Gasteiger partial charge in [0.25, 0.3) is 0 Å². The molecule has 3 N–H and O–H groups in total. The second-order valence-electron chi connectivity index (χ2n) is 4.35. The fourth-order valence-corrected chi connectivity index (χ4v) is 2.59. The first-order valence-electron chi connectivity index (χ1n) is 5.25. The van der Waals surface area contributed by atoms with E-state index in [1.165, 1.54) is 0 Å². The summed E-state index contributed by atoms with van der Waals surface area (Å²) in [5.41, 5.74) is 7.55. The molecule has 4 rings (SSSR count). The molecule has 4 heteroatoms. The molecule has 3 atom stereocenters. The number of fused-ring (bicyclic) bond motifs is 2. The van der Waals surface area contributed by atoms with Gasteiger partial charge in [-0.1, -0.05) is 0 Å². The highest BCUT2D eigenvalue weighted by Crippen LogP contribution is 2.39. The number of nitrogen functional groups attached to an aromatic ring is 1. The third-order valence-corrected chi connectivity index (χ3v) is 3.57. The summed E-state index contributed by atoms with van der Waals surface area (Å²) in [7, 11) is 0. The van der Waals surface area contributed by atoms with E-state index in [0.29, 0.717) is 4.48 Å². The maximum atomic E-state index is 10.0. The lowest BCUT2D eigenvalue weighted by molar-refractivity contribution is -0.229.